The molecule has 0 bridgehead atoms. The number of carbonyl (C=O) groups is 4. The number of ketones is 3. The molecule has 1 aromatic carbocycles. The summed E-state index contributed by atoms with van der Waals surface area (Å²) in [6.07, 6.45) is 0. The molecule has 0 aliphatic carbocycles. The van der Waals surface area contributed by atoms with E-state index < -0.39 is 23.3 Å². The lowest BCUT2D eigenvalue weighted by Crippen LogP contribution is -2.24. The van der Waals surface area contributed by atoms with Crippen LogP contribution in [0.15, 0.2) is 0 Å². The molecule has 0 spiro atoms. The lowest BCUT2D eigenvalue weighted by atomic mass is 9.88. The van der Waals surface area contributed by atoms with Gasteiger partial charge < -0.3 is 15.2 Å². The third-order valence-corrected chi connectivity index (χ3v) is 3.12. The Bertz CT molecular complexity index is 631. The summed E-state index contributed by atoms with van der Waals surface area (Å²) in [7, 11) is 2.52. The predicted molar refractivity (Wildman–Crippen MR) is 78.1 cm³/mol. The Labute approximate surface area is 127 Å². The van der Waals surface area contributed by atoms with E-state index in [1.165, 1.54) is 35.0 Å². The highest BCUT2D eigenvalue weighted by Crippen LogP contribution is 2.41. The van der Waals surface area contributed by atoms with Crippen molar-refractivity contribution in [1.82, 2.24) is 0 Å². The number of hydrogen-bond donors (Lipinski definition) is 1. The van der Waals surface area contributed by atoms with Gasteiger partial charge in [0.25, 0.3) is 0 Å². The molecule has 0 aliphatic heterocycles. The van der Waals surface area contributed by atoms with Crippen LogP contribution in [0.5, 0.6) is 11.5 Å². The van der Waals surface area contributed by atoms with E-state index in [2.05, 4.69) is 0 Å². The molecule has 0 saturated heterocycles. The zero-order chi connectivity index (χ0) is 17.2. The van der Waals surface area contributed by atoms with Gasteiger partial charge in [0.05, 0.1) is 30.9 Å². The monoisotopic (exact) mass is 307 g/mol. The molecule has 0 radical (unpaired) electrons. The first-order valence-corrected chi connectivity index (χ1v) is 6.33. The predicted octanol–water partition coefficient (Wildman–Crippen LogP) is 1.41. The summed E-state index contributed by atoms with van der Waals surface area (Å²) < 4.78 is 10.3. The molecule has 118 valence electrons. The van der Waals surface area contributed by atoms with Gasteiger partial charge in [-0.2, -0.15) is 0 Å². The van der Waals surface area contributed by atoms with E-state index in [9.17, 15) is 19.2 Å². The first kappa shape index (κ1) is 17.4. The Kier molecular flexibility index (Phi) is 5.03. The van der Waals surface area contributed by atoms with E-state index in [1.807, 2.05) is 0 Å². The standard InChI is InChI=1S/C15H17NO6/c1-6(17)9-10(7(2)18)13(21-4)14(22-5)11(8(3)19)12(9)15(16)20/h1-5H3,(H2,16,20). The van der Waals surface area contributed by atoms with E-state index in [0.29, 0.717) is 0 Å². The molecule has 2 N–H and O–H groups in total. The van der Waals surface area contributed by atoms with E-state index in [4.69, 9.17) is 15.2 Å². The fourth-order valence-electron chi connectivity index (χ4n) is 2.36. The first-order valence-electron chi connectivity index (χ1n) is 6.33. The van der Waals surface area contributed by atoms with Crippen LogP contribution in [-0.2, 0) is 0 Å². The third kappa shape index (κ3) is 2.69. The number of carbonyl (C=O) groups excluding carboxylic acids is 4. The molecule has 0 atom stereocenters. The van der Waals surface area contributed by atoms with Gasteiger partial charge in [0, 0.05) is 5.56 Å². The topological polar surface area (TPSA) is 113 Å². The van der Waals surface area contributed by atoms with Crippen LogP contribution in [0, 0.1) is 0 Å². The molecule has 7 heteroatoms. The quantitative estimate of drug-likeness (QED) is 0.795. The van der Waals surface area contributed by atoms with Crippen LogP contribution in [0.4, 0.5) is 0 Å². The smallest absolute Gasteiger partial charge is 0.250 e. The van der Waals surface area contributed by atoms with Crippen molar-refractivity contribution < 1.29 is 28.7 Å². The summed E-state index contributed by atoms with van der Waals surface area (Å²) in [5.74, 6) is -2.81. The lowest BCUT2D eigenvalue weighted by molar-refractivity contribution is 0.0949. The van der Waals surface area contributed by atoms with Gasteiger partial charge in [-0.1, -0.05) is 0 Å². The summed E-state index contributed by atoms with van der Waals surface area (Å²) in [5, 5.41) is 0. The van der Waals surface area contributed by atoms with E-state index in [-0.39, 0.29) is 33.8 Å². The molecule has 0 aromatic heterocycles. The minimum atomic E-state index is -1.00. The van der Waals surface area contributed by atoms with Crippen LogP contribution in [0.1, 0.15) is 62.2 Å². The summed E-state index contributed by atoms with van der Waals surface area (Å²) in [4.78, 5) is 47.7. The SMILES string of the molecule is COc1c(OC)c(C(C)=O)c(C(N)=O)c(C(C)=O)c1C(C)=O. The molecule has 0 heterocycles. The number of Topliss-reactive ketones (excluding diaryl/α,β-unsaturated/α-hetero) is 3. The second-order valence-electron chi connectivity index (χ2n) is 4.60. The van der Waals surface area contributed by atoms with Crippen molar-refractivity contribution in [2.24, 2.45) is 5.73 Å². The third-order valence-electron chi connectivity index (χ3n) is 3.12. The van der Waals surface area contributed by atoms with Gasteiger partial charge in [-0.25, -0.2) is 0 Å². The van der Waals surface area contributed by atoms with Crippen LogP contribution in [-0.4, -0.2) is 37.5 Å². The maximum atomic E-state index is 12.0. The molecular formula is C15H17NO6. The highest BCUT2D eigenvalue weighted by Gasteiger charge is 2.33. The number of benzene rings is 1. The second-order valence-corrected chi connectivity index (χ2v) is 4.60. The summed E-state index contributed by atoms with van der Waals surface area (Å²) in [6, 6.07) is 0. The molecule has 1 amide bonds. The highest BCUT2D eigenvalue weighted by molar-refractivity contribution is 6.21. The van der Waals surface area contributed by atoms with Crippen molar-refractivity contribution in [3.63, 3.8) is 0 Å². The van der Waals surface area contributed by atoms with Crippen molar-refractivity contribution in [1.29, 1.82) is 0 Å². The minimum Gasteiger partial charge on any atom is -0.492 e. The van der Waals surface area contributed by atoms with Gasteiger partial charge in [-0.15, -0.1) is 0 Å². The largest absolute Gasteiger partial charge is 0.492 e. The zero-order valence-corrected chi connectivity index (χ0v) is 13.0. The van der Waals surface area contributed by atoms with Gasteiger partial charge >= 0.3 is 0 Å². The molecule has 1 rings (SSSR count). The van der Waals surface area contributed by atoms with E-state index >= 15 is 0 Å². The minimum absolute atomic E-state index is 0.0737. The summed E-state index contributed by atoms with van der Waals surface area (Å²) in [6.45, 7) is 3.58. The molecule has 0 unspecified atom stereocenters. The number of hydrogen-bond acceptors (Lipinski definition) is 6. The number of primary amides is 1. The molecule has 1 aromatic rings. The van der Waals surface area contributed by atoms with Gasteiger partial charge in [0.15, 0.2) is 28.8 Å². The molecule has 7 nitrogen and oxygen atoms in total. The van der Waals surface area contributed by atoms with Crippen LogP contribution >= 0.6 is 0 Å². The molecule has 0 fully saturated rings. The Hall–Kier alpha value is -2.70. The van der Waals surface area contributed by atoms with Crippen molar-refractivity contribution in [2.45, 2.75) is 20.8 Å². The fraction of sp³-hybridized carbons (Fsp3) is 0.333. The molecular weight excluding hydrogens is 290 g/mol. The fourth-order valence-corrected chi connectivity index (χ4v) is 2.36. The Balaban J connectivity index is 4.25. The van der Waals surface area contributed by atoms with Crippen molar-refractivity contribution in [2.75, 3.05) is 14.2 Å². The Morgan fingerprint density at radius 3 is 1.23 bits per heavy atom. The number of methoxy groups -OCH3 is 2. The van der Waals surface area contributed by atoms with E-state index in [1.54, 1.807) is 0 Å². The van der Waals surface area contributed by atoms with E-state index in [0.717, 1.165) is 0 Å². The molecule has 22 heavy (non-hydrogen) atoms. The Morgan fingerprint density at radius 2 is 1.00 bits per heavy atom. The normalized spacial score (nSPS) is 10.0. The zero-order valence-electron chi connectivity index (χ0n) is 13.0. The van der Waals surface area contributed by atoms with Gasteiger partial charge in [-0.05, 0) is 20.8 Å². The summed E-state index contributed by atoms with van der Waals surface area (Å²) >= 11 is 0. The number of amides is 1. The Morgan fingerprint density at radius 1 is 0.682 bits per heavy atom. The number of nitrogens with two attached hydrogens (primary N) is 1. The van der Waals surface area contributed by atoms with Crippen molar-refractivity contribution in [3.8, 4) is 11.5 Å². The highest BCUT2D eigenvalue weighted by atomic mass is 16.5. The van der Waals surface area contributed by atoms with Crippen molar-refractivity contribution >= 4 is 23.3 Å². The maximum Gasteiger partial charge on any atom is 0.250 e. The molecule has 0 saturated carbocycles. The molecule has 0 aliphatic rings. The van der Waals surface area contributed by atoms with Crippen molar-refractivity contribution in [3.05, 3.63) is 22.3 Å². The number of ether oxygens (including phenoxy) is 2. The average Bonchev–Trinajstić information content (AvgIpc) is 2.42. The second kappa shape index (κ2) is 6.38. The van der Waals surface area contributed by atoms with Crippen LogP contribution in [0.3, 0.4) is 0 Å². The van der Waals surface area contributed by atoms with Gasteiger partial charge in [0.2, 0.25) is 5.91 Å². The van der Waals surface area contributed by atoms with Crippen LogP contribution in [0.25, 0.3) is 0 Å². The lowest BCUT2D eigenvalue weighted by Gasteiger charge is -2.20. The number of rotatable bonds is 6. The maximum absolute atomic E-state index is 12.0. The first-order chi connectivity index (χ1) is 10.2. The van der Waals surface area contributed by atoms with Crippen LogP contribution in [0.2, 0.25) is 0 Å². The van der Waals surface area contributed by atoms with Crippen LogP contribution < -0.4 is 15.2 Å². The summed E-state index contributed by atoms with van der Waals surface area (Å²) in [5.41, 5.74) is 4.45. The van der Waals surface area contributed by atoms with Gasteiger partial charge in [0.1, 0.15) is 0 Å². The average molecular weight is 307 g/mol. The van der Waals surface area contributed by atoms with Gasteiger partial charge in [-0.3, -0.25) is 19.2 Å².